The van der Waals surface area contributed by atoms with Crippen LogP contribution in [-0.2, 0) is 28.9 Å². The molecule has 17 heteroatoms. The summed E-state index contributed by atoms with van der Waals surface area (Å²) in [7, 11) is 2.63. The second kappa shape index (κ2) is 15.2. The highest BCUT2D eigenvalue weighted by molar-refractivity contribution is 5.97. The standard InChI is InChI=1S/C34H38F6N6O5/c1-4-8-27-32(51-29-21-28(34(38,39)40)43(2)42-29,12-7-14-46(27)30(47)23-22-41-13-11-24(23)33(35,36)37)31(48)45-17-15-44(16-18-45)25-9-5-6-10-26(25)50-20-19-49-3/h4-6,9-11,13,21-22,27H,1,7-8,12,14-20H2,2-3H3. The van der Waals surface area contributed by atoms with Gasteiger partial charge in [0.1, 0.15) is 18.1 Å². The van der Waals surface area contributed by atoms with Gasteiger partial charge in [-0.25, -0.2) is 0 Å². The normalized spacial score (nSPS) is 19.9. The number of hydrogen-bond acceptors (Lipinski definition) is 8. The number of carbonyl (C=O) groups excluding carboxylic acids is 2. The van der Waals surface area contributed by atoms with Crippen LogP contribution in [0.2, 0.25) is 0 Å². The Balaban J connectivity index is 1.51. The molecule has 0 N–H and O–H groups in total. The molecule has 3 aromatic rings. The molecule has 276 valence electrons. The molecule has 1 aromatic carbocycles. The quantitative estimate of drug-likeness (QED) is 0.151. The number of nitrogens with zero attached hydrogens (tertiary/aromatic N) is 6. The average molecular weight is 725 g/mol. The van der Waals surface area contributed by atoms with Crippen LogP contribution in [0.4, 0.5) is 32.0 Å². The van der Waals surface area contributed by atoms with Crippen LogP contribution in [0.25, 0.3) is 0 Å². The van der Waals surface area contributed by atoms with Crippen molar-refractivity contribution in [3.05, 3.63) is 78.3 Å². The van der Waals surface area contributed by atoms with Gasteiger partial charge in [0.15, 0.2) is 0 Å². The highest BCUT2D eigenvalue weighted by Gasteiger charge is 2.56. The number of likely N-dealkylation sites (tertiary alicyclic amines) is 1. The second-order valence-corrected chi connectivity index (χ2v) is 12.1. The van der Waals surface area contributed by atoms with Crippen LogP contribution in [-0.4, -0.2) is 101 Å². The van der Waals surface area contributed by atoms with Crippen molar-refractivity contribution in [3.8, 4) is 11.6 Å². The summed E-state index contributed by atoms with van der Waals surface area (Å²) >= 11 is 0. The highest BCUT2D eigenvalue weighted by Crippen LogP contribution is 2.41. The molecular weight excluding hydrogens is 686 g/mol. The molecule has 2 fully saturated rings. The minimum Gasteiger partial charge on any atom is -0.489 e. The summed E-state index contributed by atoms with van der Waals surface area (Å²) in [6, 6.07) is 7.43. The third-order valence-corrected chi connectivity index (χ3v) is 8.98. The molecule has 5 rings (SSSR count). The van der Waals surface area contributed by atoms with Crippen LogP contribution in [0.1, 0.15) is 40.9 Å². The number of methoxy groups -OCH3 is 1. The first-order valence-electron chi connectivity index (χ1n) is 16.2. The van der Waals surface area contributed by atoms with Crippen LogP contribution in [0.5, 0.6) is 11.6 Å². The van der Waals surface area contributed by atoms with Crippen LogP contribution in [0, 0.1) is 0 Å². The fourth-order valence-electron chi connectivity index (χ4n) is 6.62. The SMILES string of the molecule is C=CCC1N(C(=O)c2cnccc2C(F)(F)F)CCCC1(Oc1cc(C(F)(F)F)n(C)n1)C(=O)N1CCN(c2ccccc2OCCOC)CC1. The van der Waals surface area contributed by atoms with E-state index in [0.717, 1.165) is 30.0 Å². The van der Waals surface area contributed by atoms with Crippen molar-refractivity contribution in [1.82, 2.24) is 24.6 Å². The van der Waals surface area contributed by atoms with Gasteiger partial charge in [0.05, 0.1) is 29.5 Å². The van der Waals surface area contributed by atoms with Crippen molar-refractivity contribution in [3.63, 3.8) is 0 Å². The Morgan fingerprint density at radius 1 is 1.02 bits per heavy atom. The lowest BCUT2D eigenvalue weighted by molar-refractivity contribution is -0.159. The zero-order valence-electron chi connectivity index (χ0n) is 28.0. The molecule has 11 nitrogen and oxygen atoms in total. The molecule has 0 spiro atoms. The lowest BCUT2D eigenvalue weighted by atomic mass is 9.80. The van der Waals surface area contributed by atoms with E-state index in [2.05, 4.69) is 16.7 Å². The predicted octanol–water partition coefficient (Wildman–Crippen LogP) is 5.23. The van der Waals surface area contributed by atoms with Gasteiger partial charge in [-0.1, -0.05) is 18.2 Å². The molecule has 0 radical (unpaired) electrons. The maximum atomic E-state index is 14.8. The Morgan fingerprint density at radius 3 is 2.39 bits per heavy atom. The number of benzene rings is 1. The number of piperazine rings is 1. The summed E-state index contributed by atoms with van der Waals surface area (Å²) in [5, 5.41) is 3.89. The Labute approximate surface area is 290 Å². The number of pyridine rings is 1. The minimum absolute atomic E-state index is 0.0639. The zero-order valence-corrected chi connectivity index (χ0v) is 28.0. The fourth-order valence-corrected chi connectivity index (χ4v) is 6.62. The van der Waals surface area contributed by atoms with E-state index in [1.54, 1.807) is 7.11 Å². The lowest BCUT2D eigenvalue weighted by Crippen LogP contribution is -2.69. The molecule has 0 saturated carbocycles. The summed E-state index contributed by atoms with van der Waals surface area (Å²) in [6.07, 6.45) is -6.71. The van der Waals surface area contributed by atoms with Crippen LogP contribution < -0.4 is 14.4 Å². The number of piperidine rings is 1. The molecule has 4 heterocycles. The maximum absolute atomic E-state index is 14.8. The van der Waals surface area contributed by atoms with E-state index < -0.39 is 58.5 Å². The smallest absolute Gasteiger partial charge is 0.433 e. The number of aryl methyl sites for hydroxylation is 1. The molecule has 2 unspecified atom stereocenters. The Kier molecular flexibility index (Phi) is 11.2. The first-order valence-corrected chi connectivity index (χ1v) is 16.2. The van der Waals surface area contributed by atoms with Crippen molar-refractivity contribution >= 4 is 17.5 Å². The molecule has 2 saturated heterocycles. The molecule has 2 aliphatic heterocycles. The molecule has 2 aromatic heterocycles. The Morgan fingerprint density at radius 2 is 1.75 bits per heavy atom. The highest BCUT2D eigenvalue weighted by atomic mass is 19.4. The number of carbonyl (C=O) groups is 2. The van der Waals surface area contributed by atoms with E-state index in [1.165, 1.54) is 11.0 Å². The first kappa shape index (κ1) is 37.5. The molecule has 2 aliphatic rings. The van der Waals surface area contributed by atoms with Crippen LogP contribution in [0.3, 0.4) is 0 Å². The van der Waals surface area contributed by atoms with Gasteiger partial charge >= 0.3 is 12.4 Å². The van der Waals surface area contributed by atoms with Crippen molar-refractivity contribution in [2.45, 2.75) is 43.3 Å². The molecule has 2 amide bonds. The molecular formula is C34H38F6N6O5. The molecule has 51 heavy (non-hydrogen) atoms. The van der Waals surface area contributed by atoms with Gasteiger partial charge in [-0.2, -0.15) is 26.3 Å². The van der Waals surface area contributed by atoms with Crippen molar-refractivity contribution < 1.29 is 50.1 Å². The minimum atomic E-state index is -4.89. The van der Waals surface area contributed by atoms with Gasteiger partial charge in [-0.05, 0) is 31.0 Å². The van der Waals surface area contributed by atoms with Gasteiger partial charge in [0, 0.05) is 71.8 Å². The van der Waals surface area contributed by atoms with E-state index in [4.69, 9.17) is 14.2 Å². The van der Waals surface area contributed by atoms with Crippen molar-refractivity contribution in [2.24, 2.45) is 7.05 Å². The number of alkyl halides is 6. The van der Waals surface area contributed by atoms with Gasteiger partial charge < -0.3 is 28.9 Å². The fraction of sp³-hybridized carbons (Fsp3) is 0.471. The summed E-state index contributed by atoms with van der Waals surface area (Å²) in [4.78, 5) is 37.1. The largest absolute Gasteiger partial charge is 0.489 e. The third-order valence-electron chi connectivity index (χ3n) is 8.98. The van der Waals surface area contributed by atoms with E-state index >= 15 is 0 Å². The Bertz CT molecular complexity index is 1710. The van der Waals surface area contributed by atoms with E-state index in [0.29, 0.717) is 48.9 Å². The zero-order chi connectivity index (χ0) is 37.0. The van der Waals surface area contributed by atoms with Gasteiger partial charge in [-0.3, -0.25) is 19.3 Å². The number of rotatable bonds is 11. The van der Waals surface area contributed by atoms with E-state index in [1.807, 2.05) is 29.2 Å². The monoisotopic (exact) mass is 724 g/mol. The number of hydrogen-bond donors (Lipinski definition) is 0. The predicted molar refractivity (Wildman–Crippen MR) is 172 cm³/mol. The topological polar surface area (TPSA) is 102 Å². The first-order chi connectivity index (χ1) is 24.2. The van der Waals surface area contributed by atoms with Crippen molar-refractivity contribution in [2.75, 3.05) is 57.9 Å². The van der Waals surface area contributed by atoms with Crippen molar-refractivity contribution in [1.29, 1.82) is 0 Å². The molecule has 0 aliphatic carbocycles. The Hall–Kier alpha value is -4.80. The number of halogens is 6. The summed E-state index contributed by atoms with van der Waals surface area (Å²) in [6.45, 7) is 5.37. The van der Waals surface area contributed by atoms with E-state index in [9.17, 15) is 35.9 Å². The van der Waals surface area contributed by atoms with Crippen LogP contribution >= 0.6 is 0 Å². The average Bonchev–Trinajstić information content (AvgIpc) is 3.48. The number of para-hydroxylation sites is 2. The number of ether oxygens (including phenoxy) is 3. The van der Waals surface area contributed by atoms with Crippen LogP contribution in [0.15, 0.2) is 61.4 Å². The summed E-state index contributed by atoms with van der Waals surface area (Å²) in [5.74, 6) is -1.61. The maximum Gasteiger partial charge on any atom is 0.433 e. The third kappa shape index (κ3) is 7.92. The summed E-state index contributed by atoms with van der Waals surface area (Å²) in [5.41, 5.74) is -4.35. The molecule has 0 bridgehead atoms. The van der Waals surface area contributed by atoms with Gasteiger partial charge in [0.2, 0.25) is 11.5 Å². The van der Waals surface area contributed by atoms with Gasteiger partial charge in [0.25, 0.3) is 11.8 Å². The number of anilines is 1. The number of amides is 2. The summed E-state index contributed by atoms with van der Waals surface area (Å²) < 4.78 is 101. The molecule has 2 atom stereocenters. The van der Waals surface area contributed by atoms with E-state index in [-0.39, 0.29) is 38.9 Å². The second-order valence-electron chi connectivity index (χ2n) is 12.1. The number of aromatic nitrogens is 3. The van der Waals surface area contributed by atoms with Gasteiger partial charge in [-0.15, -0.1) is 11.7 Å². The lowest BCUT2D eigenvalue weighted by Gasteiger charge is -2.50.